The van der Waals surface area contributed by atoms with E-state index in [-0.39, 0.29) is 6.10 Å². The minimum atomic E-state index is 0.164. The molecule has 0 aromatic rings. The lowest BCUT2D eigenvalue weighted by atomic mass is 10.1. The first-order valence-electron chi connectivity index (χ1n) is 3.20. The van der Waals surface area contributed by atoms with Crippen LogP contribution in [0.5, 0.6) is 0 Å². The van der Waals surface area contributed by atoms with E-state index in [1.807, 2.05) is 11.0 Å². The Kier molecular flexibility index (Phi) is 8.77. The summed E-state index contributed by atoms with van der Waals surface area (Å²) in [4.78, 5) is 0. The van der Waals surface area contributed by atoms with E-state index in [0.717, 1.165) is 6.42 Å². The maximum Gasteiger partial charge on any atom is 0.0847 e. The van der Waals surface area contributed by atoms with Gasteiger partial charge in [-0.15, -0.1) is 0 Å². The van der Waals surface area contributed by atoms with Gasteiger partial charge < -0.3 is 9.05 Å². The van der Waals surface area contributed by atoms with Crippen molar-refractivity contribution >= 4 is 41.5 Å². The lowest BCUT2D eigenvalue weighted by Crippen LogP contribution is -2.11. The van der Waals surface area contributed by atoms with Crippen molar-refractivity contribution in [2.24, 2.45) is 0 Å². The fraction of sp³-hybridized carbons (Fsp3) is 0.667. The second-order valence-corrected chi connectivity index (χ2v) is 3.37. The van der Waals surface area contributed by atoms with Crippen LogP contribution in [0.2, 0.25) is 0 Å². The first-order chi connectivity index (χ1) is 5.26. The summed E-state index contributed by atoms with van der Waals surface area (Å²) in [5, 5.41) is 0. The molecule has 0 aromatic heterocycles. The molecule has 0 amide bonds. The smallest absolute Gasteiger partial charge is 0.0847 e. The highest BCUT2D eigenvalue weighted by molar-refractivity contribution is 14.1. The summed E-state index contributed by atoms with van der Waals surface area (Å²) in [6, 6.07) is 0. The van der Waals surface area contributed by atoms with E-state index in [4.69, 9.17) is 9.05 Å². The van der Waals surface area contributed by atoms with Crippen molar-refractivity contribution in [3.63, 3.8) is 0 Å². The molecule has 0 radical (unpaired) electrons. The summed E-state index contributed by atoms with van der Waals surface area (Å²) >= 11 is 2.21. The first kappa shape index (κ1) is 12.2. The molecule has 3 unspecified atom stereocenters. The van der Waals surface area contributed by atoms with E-state index >= 15 is 0 Å². The van der Waals surface area contributed by atoms with Gasteiger partial charge in [-0.2, -0.15) is 0 Å². The SMILES string of the molecule is CC(=CI)C(CCOP)OP. The van der Waals surface area contributed by atoms with Gasteiger partial charge in [-0.1, -0.05) is 22.6 Å². The summed E-state index contributed by atoms with van der Waals surface area (Å²) in [6.45, 7) is 2.75. The van der Waals surface area contributed by atoms with Crippen molar-refractivity contribution in [1.29, 1.82) is 0 Å². The van der Waals surface area contributed by atoms with Gasteiger partial charge in [0, 0.05) is 25.4 Å². The topological polar surface area (TPSA) is 18.5 Å². The van der Waals surface area contributed by atoms with E-state index in [9.17, 15) is 0 Å². The van der Waals surface area contributed by atoms with Gasteiger partial charge >= 0.3 is 0 Å². The molecule has 2 nitrogen and oxygen atoms in total. The molecule has 0 aliphatic heterocycles. The summed E-state index contributed by atoms with van der Waals surface area (Å²) in [5.74, 6) is 0. The summed E-state index contributed by atoms with van der Waals surface area (Å²) in [7, 11) is 4.51. The first-order valence-corrected chi connectivity index (χ1v) is 5.39. The summed E-state index contributed by atoms with van der Waals surface area (Å²) in [5.41, 5.74) is 1.22. The van der Waals surface area contributed by atoms with Gasteiger partial charge in [0.1, 0.15) is 0 Å². The largest absolute Gasteiger partial charge is 0.366 e. The molecule has 0 heterocycles. The average Bonchev–Trinajstić information content (AvgIpc) is 2.05. The normalized spacial score (nSPS) is 15.1. The Morgan fingerprint density at radius 1 is 1.64 bits per heavy atom. The van der Waals surface area contributed by atoms with Gasteiger partial charge in [0.05, 0.1) is 12.7 Å². The van der Waals surface area contributed by atoms with Crippen LogP contribution in [0.25, 0.3) is 0 Å². The van der Waals surface area contributed by atoms with Gasteiger partial charge in [-0.3, -0.25) is 0 Å². The molecule has 0 saturated heterocycles. The van der Waals surface area contributed by atoms with Crippen LogP contribution < -0.4 is 0 Å². The Labute approximate surface area is 86.2 Å². The van der Waals surface area contributed by atoms with Gasteiger partial charge in [0.15, 0.2) is 0 Å². The lowest BCUT2D eigenvalue weighted by molar-refractivity contribution is 0.227. The van der Waals surface area contributed by atoms with E-state index in [1.54, 1.807) is 0 Å². The molecule has 0 fully saturated rings. The molecule has 0 aliphatic rings. The highest BCUT2D eigenvalue weighted by atomic mass is 127. The highest BCUT2D eigenvalue weighted by Gasteiger charge is 2.07. The van der Waals surface area contributed by atoms with E-state index in [1.165, 1.54) is 5.57 Å². The number of hydrogen-bond donors (Lipinski definition) is 0. The number of halogens is 1. The molecule has 0 spiro atoms. The van der Waals surface area contributed by atoms with Gasteiger partial charge in [-0.25, -0.2) is 0 Å². The number of hydrogen-bond acceptors (Lipinski definition) is 2. The van der Waals surface area contributed by atoms with Crippen LogP contribution in [-0.2, 0) is 9.05 Å². The predicted octanol–water partition coefficient (Wildman–Crippen LogP) is 2.70. The summed E-state index contributed by atoms with van der Waals surface area (Å²) < 4.78 is 12.0. The molecule has 0 rings (SSSR count). The van der Waals surface area contributed by atoms with Crippen molar-refractivity contribution < 1.29 is 9.05 Å². The fourth-order valence-electron chi connectivity index (χ4n) is 0.648. The van der Waals surface area contributed by atoms with Crippen molar-refractivity contribution in [3.8, 4) is 0 Å². The number of rotatable bonds is 5. The Morgan fingerprint density at radius 2 is 2.27 bits per heavy atom. The molecule has 0 N–H and O–H groups in total. The molecular weight excluding hydrogens is 293 g/mol. The second kappa shape index (κ2) is 7.88. The zero-order valence-electron chi connectivity index (χ0n) is 6.42. The Hall–Kier alpha value is 1.25. The van der Waals surface area contributed by atoms with E-state index in [2.05, 4.69) is 41.5 Å². The van der Waals surface area contributed by atoms with Crippen molar-refractivity contribution in [2.45, 2.75) is 19.4 Å². The van der Waals surface area contributed by atoms with Crippen LogP contribution >= 0.6 is 41.5 Å². The van der Waals surface area contributed by atoms with Crippen LogP contribution in [0.15, 0.2) is 9.66 Å². The second-order valence-electron chi connectivity index (χ2n) is 2.14. The molecule has 0 aromatic carbocycles. The van der Waals surface area contributed by atoms with Crippen molar-refractivity contribution in [3.05, 3.63) is 9.66 Å². The Bertz CT molecular complexity index is 130. The van der Waals surface area contributed by atoms with Crippen LogP contribution in [0.1, 0.15) is 13.3 Å². The third-order valence-corrected chi connectivity index (χ3v) is 2.89. The minimum absolute atomic E-state index is 0.164. The fourth-order valence-corrected chi connectivity index (χ4v) is 1.54. The highest BCUT2D eigenvalue weighted by Crippen LogP contribution is 2.15. The quantitative estimate of drug-likeness (QED) is 0.574. The average molecular weight is 306 g/mol. The van der Waals surface area contributed by atoms with Crippen LogP contribution in [0.3, 0.4) is 0 Å². The van der Waals surface area contributed by atoms with Crippen LogP contribution in [0, 0.1) is 0 Å². The molecule has 0 saturated carbocycles. The molecule has 66 valence electrons. The monoisotopic (exact) mass is 306 g/mol. The Morgan fingerprint density at radius 3 is 2.64 bits per heavy atom. The molecule has 0 aliphatic carbocycles. The van der Waals surface area contributed by atoms with Crippen LogP contribution in [0.4, 0.5) is 0 Å². The van der Waals surface area contributed by atoms with E-state index < -0.39 is 0 Å². The maximum absolute atomic E-state index is 5.16. The molecule has 3 atom stereocenters. The molecule has 5 heteroatoms. The zero-order valence-corrected chi connectivity index (χ0v) is 10.9. The lowest BCUT2D eigenvalue weighted by Gasteiger charge is -2.14. The maximum atomic E-state index is 5.16. The van der Waals surface area contributed by atoms with Gasteiger partial charge in [-0.05, 0) is 16.6 Å². The molecular formula is C6H13IO2P2. The molecule has 11 heavy (non-hydrogen) atoms. The minimum Gasteiger partial charge on any atom is -0.366 e. The van der Waals surface area contributed by atoms with Gasteiger partial charge in [0.2, 0.25) is 0 Å². The van der Waals surface area contributed by atoms with Crippen molar-refractivity contribution in [2.75, 3.05) is 6.61 Å². The third-order valence-electron chi connectivity index (χ3n) is 1.34. The third kappa shape index (κ3) is 5.48. The van der Waals surface area contributed by atoms with Gasteiger partial charge in [0.25, 0.3) is 0 Å². The summed E-state index contributed by atoms with van der Waals surface area (Å²) in [6.07, 6.45) is 1.05. The standard InChI is InChI=1S/C6H13IO2P2/c1-5(4-7)6(9-11)2-3-8-10/h4,6H,2-3,10-11H2,1H3. The van der Waals surface area contributed by atoms with Crippen molar-refractivity contribution in [1.82, 2.24) is 0 Å². The van der Waals surface area contributed by atoms with E-state index in [0.29, 0.717) is 6.61 Å². The Balaban J connectivity index is 3.75. The predicted molar refractivity (Wildman–Crippen MR) is 62.6 cm³/mol. The van der Waals surface area contributed by atoms with Crippen LogP contribution in [-0.4, -0.2) is 12.7 Å². The zero-order chi connectivity index (χ0) is 8.69. The molecule has 0 bridgehead atoms.